The van der Waals surface area contributed by atoms with Crippen molar-refractivity contribution in [2.75, 3.05) is 6.54 Å². The Balaban J connectivity index is 1.99. The van der Waals surface area contributed by atoms with Crippen LogP contribution in [0.3, 0.4) is 0 Å². The Morgan fingerprint density at radius 1 is 1.35 bits per heavy atom. The number of nitrogens with two attached hydrogens (primary N) is 1. The molecule has 3 nitrogen and oxygen atoms in total. The number of hydrogen-bond donors (Lipinski definition) is 1. The van der Waals surface area contributed by atoms with Gasteiger partial charge < -0.3 is 10.6 Å². The average molecular weight is 274 g/mol. The van der Waals surface area contributed by atoms with E-state index in [4.69, 9.17) is 5.73 Å². The van der Waals surface area contributed by atoms with E-state index >= 15 is 0 Å². The fourth-order valence-electron chi connectivity index (χ4n) is 2.98. The van der Waals surface area contributed by atoms with Crippen LogP contribution in [0.25, 0.3) is 0 Å². The Morgan fingerprint density at radius 2 is 2.00 bits per heavy atom. The molecule has 0 saturated carbocycles. The van der Waals surface area contributed by atoms with Crippen LogP contribution >= 0.6 is 0 Å². The summed E-state index contributed by atoms with van der Waals surface area (Å²) >= 11 is 0. The molecule has 2 N–H and O–H groups in total. The Hall–Kier alpha value is -1.35. The summed E-state index contributed by atoms with van der Waals surface area (Å²) in [5.41, 5.74) is 7.36. The summed E-state index contributed by atoms with van der Waals surface area (Å²) in [7, 11) is 0. The summed E-state index contributed by atoms with van der Waals surface area (Å²) in [6.07, 6.45) is 2.12. The molecular weight excluding hydrogens is 248 g/mol. The van der Waals surface area contributed by atoms with Crippen molar-refractivity contribution in [1.29, 1.82) is 0 Å². The van der Waals surface area contributed by atoms with Gasteiger partial charge in [0.1, 0.15) is 0 Å². The molecule has 20 heavy (non-hydrogen) atoms. The van der Waals surface area contributed by atoms with Gasteiger partial charge in [0, 0.05) is 12.6 Å². The molecule has 0 radical (unpaired) electrons. The minimum Gasteiger partial charge on any atom is -0.338 e. The van der Waals surface area contributed by atoms with E-state index in [1.54, 1.807) is 0 Å². The molecule has 110 valence electrons. The number of amides is 1. The number of hydrogen-bond acceptors (Lipinski definition) is 2. The van der Waals surface area contributed by atoms with Gasteiger partial charge >= 0.3 is 0 Å². The van der Waals surface area contributed by atoms with Crippen LogP contribution < -0.4 is 5.73 Å². The van der Waals surface area contributed by atoms with Crippen LogP contribution in [0, 0.1) is 11.8 Å². The predicted molar refractivity (Wildman–Crippen MR) is 82.2 cm³/mol. The summed E-state index contributed by atoms with van der Waals surface area (Å²) in [5, 5.41) is 0. The molecule has 1 heterocycles. The maximum absolute atomic E-state index is 12.4. The smallest absolute Gasteiger partial charge is 0.239 e. The Morgan fingerprint density at radius 3 is 2.60 bits per heavy atom. The van der Waals surface area contributed by atoms with Crippen molar-refractivity contribution in [3.05, 3.63) is 35.9 Å². The van der Waals surface area contributed by atoms with Crippen LogP contribution in [0.15, 0.2) is 30.3 Å². The number of nitrogens with zero attached hydrogens (tertiary/aromatic N) is 1. The first-order valence-corrected chi connectivity index (χ1v) is 7.60. The lowest BCUT2D eigenvalue weighted by atomic mass is 9.93. The van der Waals surface area contributed by atoms with Gasteiger partial charge in [0.2, 0.25) is 5.91 Å². The summed E-state index contributed by atoms with van der Waals surface area (Å²) in [4.78, 5) is 14.4. The second-order valence-electron chi connectivity index (χ2n) is 6.28. The molecule has 1 saturated heterocycles. The molecule has 3 heteroatoms. The molecule has 1 aromatic carbocycles. The fourth-order valence-corrected chi connectivity index (χ4v) is 2.98. The molecule has 0 aliphatic carbocycles. The van der Waals surface area contributed by atoms with Crippen LogP contribution in [-0.4, -0.2) is 29.4 Å². The van der Waals surface area contributed by atoms with Crippen molar-refractivity contribution in [2.24, 2.45) is 17.6 Å². The molecular formula is C17H26N2O. The van der Waals surface area contributed by atoms with Crippen LogP contribution in [0.2, 0.25) is 0 Å². The maximum Gasteiger partial charge on any atom is 0.239 e. The van der Waals surface area contributed by atoms with Gasteiger partial charge in [0.05, 0.1) is 6.04 Å². The third-order valence-corrected chi connectivity index (χ3v) is 4.54. The molecule has 0 unspecified atom stereocenters. The zero-order valence-corrected chi connectivity index (χ0v) is 12.8. The highest BCUT2D eigenvalue weighted by molar-refractivity contribution is 5.82. The van der Waals surface area contributed by atoms with E-state index in [0.717, 1.165) is 19.4 Å². The van der Waals surface area contributed by atoms with Crippen molar-refractivity contribution in [3.63, 3.8) is 0 Å². The lowest BCUT2D eigenvalue weighted by Crippen LogP contribution is -2.48. The molecule has 3 atom stereocenters. The first-order chi connectivity index (χ1) is 9.50. The van der Waals surface area contributed by atoms with Crippen LogP contribution in [0.1, 0.15) is 32.8 Å². The average Bonchev–Trinajstić information content (AvgIpc) is 2.80. The van der Waals surface area contributed by atoms with Crippen LogP contribution in [-0.2, 0) is 11.2 Å². The highest BCUT2D eigenvalue weighted by Gasteiger charge is 2.36. The first kappa shape index (κ1) is 15.0. The van der Waals surface area contributed by atoms with Gasteiger partial charge in [0.25, 0.3) is 0 Å². The molecule has 0 spiro atoms. The Kier molecular flexibility index (Phi) is 4.81. The number of likely N-dealkylation sites (tertiary alicyclic amines) is 1. The Labute approximate surface area is 122 Å². The van der Waals surface area contributed by atoms with Gasteiger partial charge in [-0.15, -0.1) is 0 Å². The molecule has 2 rings (SSSR count). The summed E-state index contributed by atoms with van der Waals surface area (Å²) < 4.78 is 0. The van der Waals surface area contributed by atoms with E-state index in [1.165, 1.54) is 5.56 Å². The largest absolute Gasteiger partial charge is 0.338 e. The Bertz CT molecular complexity index is 444. The zero-order chi connectivity index (χ0) is 14.7. The molecule has 1 amide bonds. The summed E-state index contributed by atoms with van der Waals surface area (Å²) in [6, 6.07) is 10.4. The molecule has 1 aliphatic rings. The summed E-state index contributed by atoms with van der Waals surface area (Å²) in [5.74, 6) is 0.853. The van der Waals surface area contributed by atoms with Crippen molar-refractivity contribution >= 4 is 5.91 Å². The van der Waals surface area contributed by atoms with Crippen molar-refractivity contribution in [1.82, 2.24) is 4.90 Å². The van der Waals surface area contributed by atoms with Crippen LogP contribution in [0.4, 0.5) is 0 Å². The first-order valence-electron chi connectivity index (χ1n) is 7.60. The number of carbonyl (C=O) groups is 1. The van der Waals surface area contributed by atoms with Gasteiger partial charge in [-0.2, -0.15) is 0 Å². The summed E-state index contributed by atoms with van der Waals surface area (Å²) in [6.45, 7) is 7.01. The van der Waals surface area contributed by atoms with E-state index in [-0.39, 0.29) is 23.9 Å². The molecule has 0 aromatic heterocycles. The van der Waals surface area contributed by atoms with Gasteiger partial charge in [0.15, 0.2) is 0 Å². The second-order valence-corrected chi connectivity index (χ2v) is 6.28. The lowest BCUT2D eigenvalue weighted by Gasteiger charge is -2.28. The van der Waals surface area contributed by atoms with Gasteiger partial charge in [-0.1, -0.05) is 44.2 Å². The molecule has 1 fully saturated rings. The molecule has 1 aliphatic heterocycles. The SMILES string of the molecule is CC(C)[C@H](N)C(=O)N1CC[C@H](Cc2ccccc2)[C@H]1C. The quantitative estimate of drug-likeness (QED) is 0.916. The predicted octanol–water partition coefficient (Wildman–Crippen LogP) is 2.45. The van der Waals surface area contributed by atoms with Crippen molar-refractivity contribution in [2.45, 2.75) is 45.7 Å². The maximum atomic E-state index is 12.4. The van der Waals surface area contributed by atoms with E-state index < -0.39 is 0 Å². The third kappa shape index (κ3) is 3.21. The monoisotopic (exact) mass is 274 g/mol. The van der Waals surface area contributed by atoms with Gasteiger partial charge in [-0.3, -0.25) is 4.79 Å². The topological polar surface area (TPSA) is 46.3 Å². The minimum absolute atomic E-state index is 0.114. The normalized spacial score (nSPS) is 24.1. The number of carbonyl (C=O) groups excluding carboxylic acids is 1. The van der Waals surface area contributed by atoms with Gasteiger partial charge in [-0.25, -0.2) is 0 Å². The standard InChI is InChI=1S/C17H26N2O/c1-12(2)16(18)17(20)19-10-9-15(13(19)3)11-14-7-5-4-6-8-14/h4-8,12-13,15-16H,9-11,18H2,1-3H3/t13-,15-,16+/m1/s1. The van der Waals surface area contributed by atoms with E-state index in [9.17, 15) is 4.79 Å². The lowest BCUT2D eigenvalue weighted by molar-refractivity contribution is -0.134. The number of benzene rings is 1. The number of rotatable bonds is 4. The minimum atomic E-state index is -0.368. The van der Waals surface area contributed by atoms with E-state index in [1.807, 2.05) is 24.8 Å². The van der Waals surface area contributed by atoms with E-state index in [2.05, 4.69) is 31.2 Å². The highest BCUT2D eigenvalue weighted by Crippen LogP contribution is 2.28. The van der Waals surface area contributed by atoms with Crippen molar-refractivity contribution in [3.8, 4) is 0 Å². The third-order valence-electron chi connectivity index (χ3n) is 4.54. The fraction of sp³-hybridized carbons (Fsp3) is 0.588. The van der Waals surface area contributed by atoms with Crippen LogP contribution in [0.5, 0.6) is 0 Å². The highest BCUT2D eigenvalue weighted by atomic mass is 16.2. The molecule has 0 bridgehead atoms. The molecule has 1 aromatic rings. The van der Waals surface area contributed by atoms with E-state index in [0.29, 0.717) is 5.92 Å². The zero-order valence-electron chi connectivity index (χ0n) is 12.8. The van der Waals surface area contributed by atoms with Crippen molar-refractivity contribution < 1.29 is 4.79 Å². The second kappa shape index (κ2) is 6.40. The van der Waals surface area contributed by atoms with Gasteiger partial charge in [-0.05, 0) is 37.2 Å².